The maximum atomic E-state index is 12.3. The fourth-order valence-electron chi connectivity index (χ4n) is 4.22. The van der Waals surface area contributed by atoms with Gasteiger partial charge in [-0.1, -0.05) is 31.5 Å². The molecule has 0 radical (unpaired) electrons. The van der Waals surface area contributed by atoms with Crippen LogP contribution in [-0.2, 0) is 4.79 Å². The molecule has 2 fully saturated rings. The predicted octanol–water partition coefficient (Wildman–Crippen LogP) is 3.00. The summed E-state index contributed by atoms with van der Waals surface area (Å²) in [5.74, 6) is 0.771. The largest absolute Gasteiger partial charge is 0.484 e. The molecule has 3 rings (SSSR count). The van der Waals surface area contributed by atoms with Crippen molar-refractivity contribution in [3.8, 4) is 5.75 Å². The van der Waals surface area contributed by atoms with E-state index in [4.69, 9.17) is 4.74 Å². The molecule has 1 unspecified atom stereocenters. The first-order valence-electron chi connectivity index (χ1n) is 8.77. The average molecular weight is 317 g/mol. The van der Waals surface area contributed by atoms with Gasteiger partial charge in [0.2, 0.25) is 0 Å². The zero-order valence-corrected chi connectivity index (χ0v) is 14.0. The van der Waals surface area contributed by atoms with Crippen molar-refractivity contribution in [1.29, 1.82) is 0 Å². The molecule has 1 spiro atoms. The highest BCUT2D eigenvalue weighted by atomic mass is 16.5. The van der Waals surface area contributed by atoms with Crippen LogP contribution in [0.25, 0.3) is 0 Å². The first kappa shape index (κ1) is 16.3. The highest BCUT2D eigenvalue weighted by Crippen LogP contribution is 2.58. The zero-order valence-electron chi connectivity index (χ0n) is 14.0. The van der Waals surface area contributed by atoms with E-state index >= 15 is 0 Å². The highest BCUT2D eigenvalue weighted by Gasteiger charge is 2.57. The van der Waals surface area contributed by atoms with Gasteiger partial charge in [-0.15, -0.1) is 0 Å². The number of para-hydroxylation sites is 1. The third-order valence-electron chi connectivity index (χ3n) is 5.85. The molecule has 1 heterocycles. The Labute approximate surface area is 138 Å². The number of piperidine rings is 1. The van der Waals surface area contributed by atoms with Crippen LogP contribution in [0.15, 0.2) is 30.3 Å². The molecule has 1 N–H and O–H groups in total. The van der Waals surface area contributed by atoms with Crippen molar-refractivity contribution in [2.75, 3.05) is 19.7 Å². The second-order valence-corrected chi connectivity index (χ2v) is 7.04. The van der Waals surface area contributed by atoms with Gasteiger partial charge in [0.1, 0.15) is 5.75 Å². The Morgan fingerprint density at radius 1 is 1.17 bits per heavy atom. The second-order valence-electron chi connectivity index (χ2n) is 7.04. The third-order valence-corrected chi connectivity index (χ3v) is 5.85. The minimum absolute atomic E-state index is 0.0436. The van der Waals surface area contributed by atoms with Crippen molar-refractivity contribution in [1.82, 2.24) is 4.90 Å². The molecular formula is C19H27NO3. The molecule has 1 aliphatic carbocycles. The van der Waals surface area contributed by atoms with Crippen molar-refractivity contribution < 1.29 is 14.6 Å². The first-order valence-corrected chi connectivity index (χ1v) is 8.77. The summed E-state index contributed by atoms with van der Waals surface area (Å²) in [6.07, 6.45) is 5.77. The highest BCUT2D eigenvalue weighted by molar-refractivity contribution is 5.77. The fraction of sp³-hybridized carbons (Fsp3) is 0.632. The lowest BCUT2D eigenvalue weighted by Gasteiger charge is -2.59. The number of aliphatic hydroxyl groups is 1. The molecule has 23 heavy (non-hydrogen) atoms. The molecule has 0 aromatic heterocycles. The molecule has 4 nitrogen and oxygen atoms in total. The Morgan fingerprint density at radius 2 is 1.87 bits per heavy atom. The smallest absolute Gasteiger partial charge is 0.260 e. The van der Waals surface area contributed by atoms with Gasteiger partial charge in [-0.05, 0) is 44.2 Å². The summed E-state index contributed by atoms with van der Waals surface area (Å²) in [4.78, 5) is 14.2. The summed E-state index contributed by atoms with van der Waals surface area (Å²) in [6, 6.07) is 9.44. The van der Waals surface area contributed by atoms with Gasteiger partial charge >= 0.3 is 0 Å². The Bertz CT molecular complexity index is 537. The van der Waals surface area contributed by atoms with E-state index < -0.39 is 5.60 Å². The van der Waals surface area contributed by atoms with Gasteiger partial charge < -0.3 is 14.7 Å². The van der Waals surface area contributed by atoms with Gasteiger partial charge in [0.05, 0.1) is 5.60 Å². The van der Waals surface area contributed by atoms with E-state index in [0.717, 1.165) is 57.4 Å². The summed E-state index contributed by atoms with van der Waals surface area (Å²) in [5.41, 5.74) is -0.433. The van der Waals surface area contributed by atoms with Crippen molar-refractivity contribution >= 4 is 5.91 Å². The Balaban J connectivity index is 1.50. The van der Waals surface area contributed by atoms with E-state index in [2.05, 4.69) is 6.92 Å². The van der Waals surface area contributed by atoms with Crippen LogP contribution >= 0.6 is 0 Å². The number of amides is 1. The Morgan fingerprint density at radius 3 is 2.43 bits per heavy atom. The molecule has 1 aromatic rings. The topological polar surface area (TPSA) is 49.8 Å². The minimum atomic E-state index is -0.489. The van der Waals surface area contributed by atoms with Crippen molar-refractivity contribution in [2.45, 2.75) is 51.0 Å². The Hall–Kier alpha value is -1.55. The first-order chi connectivity index (χ1) is 11.1. The fourth-order valence-corrected chi connectivity index (χ4v) is 4.22. The lowest BCUT2D eigenvalue weighted by Crippen LogP contribution is -2.61. The number of benzene rings is 1. The van der Waals surface area contributed by atoms with Crippen molar-refractivity contribution in [3.63, 3.8) is 0 Å². The maximum Gasteiger partial charge on any atom is 0.260 e. The van der Waals surface area contributed by atoms with Crippen LogP contribution in [0.2, 0.25) is 0 Å². The molecule has 126 valence electrons. The van der Waals surface area contributed by atoms with Crippen LogP contribution < -0.4 is 4.74 Å². The molecule has 2 aliphatic rings. The van der Waals surface area contributed by atoms with Gasteiger partial charge in [-0.3, -0.25) is 4.79 Å². The van der Waals surface area contributed by atoms with Gasteiger partial charge in [0.25, 0.3) is 5.91 Å². The number of rotatable bonds is 5. The van der Waals surface area contributed by atoms with Gasteiger partial charge in [0, 0.05) is 18.5 Å². The van der Waals surface area contributed by atoms with E-state index in [9.17, 15) is 9.90 Å². The maximum absolute atomic E-state index is 12.3. The van der Waals surface area contributed by atoms with E-state index in [1.165, 1.54) is 0 Å². The van der Waals surface area contributed by atoms with E-state index in [0.29, 0.717) is 0 Å². The number of hydrogen-bond acceptors (Lipinski definition) is 3. The van der Waals surface area contributed by atoms with Crippen LogP contribution in [0.4, 0.5) is 0 Å². The zero-order chi connectivity index (χ0) is 16.3. The molecule has 4 heteroatoms. The van der Waals surface area contributed by atoms with Crippen molar-refractivity contribution in [3.05, 3.63) is 30.3 Å². The quantitative estimate of drug-likeness (QED) is 0.908. The summed E-state index contributed by atoms with van der Waals surface area (Å²) in [5, 5.41) is 10.8. The minimum Gasteiger partial charge on any atom is -0.484 e. The second kappa shape index (κ2) is 6.52. The molecule has 1 saturated carbocycles. The monoisotopic (exact) mass is 317 g/mol. The van der Waals surface area contributed by atoms with Crippen LogP contribution in [-0.4, -0.2) is 41.2 Å². The molecule has 1 saturated heterocycles. The molecule has 1 amide bonds. The molecule has 1 aliphatic heterocycles. The summed E-state index contributed by atoms with van der Waals surface area (Å²) in [7, 11) is 0. The van der Waals surface area contributed by atoms with E-state index in [-0.39, 0.29) is 17.9 Å². The van der Waals surface area contributed by atoms with Crippen LogP contribution in [0.3, 0.4) is 0 Å². The van der Waals surface area contributed by atoms with Gasteiger partial charge in [-0.25, -0.2) is 0 Å². The lowest BCUT2D eigenvalue weighted by molar-refractivity contribution is -0.195. The standard InChI is InChI=1S/C19H27NO3/c1-2-8-19(22)10-9-18(19)11-13-20(14-12-18)17(21)15-23-16-6-4-3-5-7-16/h3-7,22H,2,8-15H2,1H3. The number of nitrogens with zero attached hydrogens (tertiary/aromatic N) is 1. The van der Waals surface area contributed by atoms with Crippen LogP contribution in [0.5, 0.6) is 5.75 Å². The SMILES string of the molecule is CCCC1(O)CCC12CCN(C(=O)COc1ccccc1)CC2. The molecular weight excluding hydrogens is 290 g/mol. The molecule has 1 aromatic carbocycles. The van der Waals surface area contributed by atoms with Crippen LogP contribution in [0, 0.1) is 5.41 Å². The number of likely N-dealkylation sites (tertiary alicyclic amines) is 1. The third kappa shape index (κ3) is 3.09. The van der Waals surface area contributed by atoms with Crippen molar-refractivity contribution in [2.24, 2.45) is 5.41 Å². The Kier molecular flexibility index (Phi) is 4.62. The number of carbonyl (C=O) groups is 1. The molecule has 1 atom stereocenters. The predicted molar refractivity (Wildman–Crippen MR) is 89.3 cm³/mol. The average Bonchev–Trinajstić information content (AvgIpc) is 2.60. The number of carbonyl (C=O) groups excluding carboxylic acids is 1. The molecule has 0 bridgehead atoms. The number of hydrogen-bond donors (Lipinski definition) is 1. The summed E-state index contributed by atoms with van der Waals surface area (Å²) in [6.45, 7) is 3.70. The number of ether oxygens (including phenoxy) is 1. The van der Waals surface area contributed by atoms with Gasteiger partial charge in [-0.2, -0.15) is 0 Å². The van der Waals surface area contributed by atoms with Gasteiger partial charge in [0.15, 0.2) is 6.61 Å². The van der Waals surface area contributed by atoms with E-state index in [1.54, 1.807) is 0 Å². The van der Waals surface area contributed by atoms with E-state index in [1.807, 2.05) is 35.2 Å². The lowest BCUT2D eigenvalue weighted by atomic mass is 9.51. The van der Waals surface area contributed by atoms with Crippen LogP contribution in [0.1, 0.15) is 45.4 Å². The summed E-state index contributed by atoms with van der Waals surface area (Å²) >= 11 is 0. The normalized spacial score (nSPS) is 25.9. The summed E-state index contributed by atoms with van der Waals surface area (Å²) < 4.78 is 5.55.